The highest BCUT2D eigenvalue weighted by atomic mass is 29.5. The molecule has 0 N–H and O–H groups in total. The Morgan fingerprint density at radius 3 is 2.45 bits per heavy atom. The molecular formula is C8H16Si3. The van der Waals surface area contributed by atoms with Gasteiger partial charge in [-0.3, -0.25) is 0 Å². The molecule has 0 aliphatic heterocycles. The zero-order valence-corrected chi connectivity index (χ0v) is 11.9. The van der Waals surface area contributed by atoms with Gasteiger partial charge in [-0.05, 0) is 9.76 Å². The monoisotopic (exact) mass is 196 g/mol. The van der Waals surface area contributed by atoms with E-state index in [-0.39, 0.29) is 8.31 Å². The van der Waals surface area contributed by atoms with Crippen LogP contribution in [0.5, 0.6) is 0 Å². The summed E-state index contributed by atoms with van der Waals surface area (Å²) in [5.41, 5.74) is 0. The topological polar surface area (TPSA) is 0 Å². The van der Waals surface area contributed by atoms with Gasteiger partial charge in [0.2, 0.25) is 0 Å². The van der Waals surface area contributed by atoms with Gasteiger partial charge in [-0.1, -0.05) is 48.5 Å². The van der Waals surface area contributed by atoms with Crippen molar-refractivity contribution < 1.29 is 0 Å². The number of hydrogen-bond donors (Lipinski definition) is 0. The van der Waals surface area contributed by atoms with E-state index in [1.165, 1.54) is 15.8 Å². The third-order valence-electron chi connectivity index (χ3n) is 2.26. The van der Waals surface area contributed by atoms with Crippen LogP contribution in [-0.4, -0.2) is 26.6 Å². The fraction of sp³-hybridized carbons (Fsp3) is 0.250. The summed E-state index contributed by atoms with van der Waals surface area (Å²) in [4.78, 5) is 0. The van der Waals surface area contributed by atoms with E-state index in [0.29, 0.717) is 8.55 Å². The van der Waals surface area contributed by atoms with E-state index < -0.39 is 0 Å². The molecule has 11 heavy (non-hydrogen) atoms. The predicted molar refractivity (Wildman–Crippen MR) is 62.2 cm³/mol. The lowest BCUT2D eigenvalue weighted by Gasteiger charge is -2.09. The van der Waals surface area contributed by atoms with Gasteiger partial charge in [0.1, 0.15) is 0 Å². The van der Waals surface area contributed by atoms with Gasteiger partial charge >= 0.3 is 0 Å². The van der Waals surface area contributed by atoms with Crippen molar-refractivity contribution in [2.24, 2.45) is 0 Å². The molecule has 0 amide bonds. The first kappa shape index (κ1) is 8.96. The van der Waals surface area contributed by atoms with Crippen LogP contribution in [0.1, 0.15) is 6.92 Å². The molecule has 0 aliphatic rings. The van der Waals surface area contributed by atoms with Gasteiger partial charge in [-0.2, -0.15) is 0 Å². The maximum Gasteiger partial charge on any atom is 0.0540 e. The highest BCUT2D eigenvalue weighted by Crippen LogP contribution is 1.91. The molecule has 60 valence electrons. The molecule has 0 saturated carbocycles. The molecule has 3 heteroatoms. The molecule has 1 rings (SSSR count). The van der Waals surface area contributed by atoms with Gasteiger partial charge in [-0.25, -0.2) is 0 Å². The second-order valence-corrected chi connectivity index (χ2v) is 19.4. The Kier molecular flexibility index (Phi) is 3.82. The Balaban J connectivity index is 2.74. The van der Waals surface area contributed by atoms with Gasteiger partial charge in [0.25, 0.3) is 0 Å². The molecule has 1 aromatic rings. The second kappa shape index (κ2) is 4.69. The van der Waals surface area contributed by atoms with Gasteiger partial charge in [-0.15, -0.1) is 0 Å². The fourth-order valence-corrected chi connectivity index (χ4v) is 17.2. The first-order chi connectivity index (χ1) is 5.38. The lowest BCUT2D eigenvalue weighted by molar-refractivity contribution is 1.45. The van der Waals surface area contributed by atoms with Crippen LogP contribution >= 0.6 is 0 Å². The second-order valence-electron chi connectivity index (χ2n) is 2.92. The zero-order chi connectivity index (χ0) is 8.10. The first-order valence-electron chi connectivity index (χ1n) is 4.43. The van der Waals surface area contributed by atoms with Crippen LogP contribution < -0.4 is 5.19 Å². The Bertz CT molecular complexity index is 194. The normalized spacial score (nSPS) is 14.3. The minimum atomic E-state index is -0.350. The first-order valence-corrected chi connectivity index (χ1v) is 14.7. The SMILES string of the molecule is CC[SiH]([SiH2][SiH3])c1ccccc1. The zero-order valence-electron chi connectivity index (χ0n) is 7.38. The lowest BCUT2D eigenvalue weighted by atomic mass is 10.4. The number of rotatable bonds is 3. The third-order valence-corrected chi connectivity index (χ3v) is 20.5. The number of hydrogen-bond acceptors (Lipinski definition) is 0. The molecular weight excluding hydrogens is 180 g/mol. The van der Waals surface area contributed by atoms with Crippen molar-refractivity contribution in [1.82, 2.24) is 0 Å². The van der Waals surface area contributed by atoms with Crippen LogP contribution in [-0.2, 0) is 0 Å². The molecule has 0 nitrogen and oxygen atoms in total. The third kappa shape index (κ3) is 2.43. The quantitative estimate of drug-likeness (QED) is 0.549. The molecule has 0 radical (unpaired) electrons. The van der Waals surface area contributed by atoms with Crippen LogP contribution in [0.25, 0.3) is 0 Å². The Labute approximate surface area is 75.5 Å². The lowest BCUT2D eigenvalue weighted by Crippen LogP contribution is -2.35. The molecule has 0 fully saturated rings. The van der Waals surface area contributed by atoms with Crippen molar-refractivity contribution in [3.63, 3.8) is 0 Å². The highest BCUT2D eigenvalue weighted by Gasteiger charge is 2.06. The molecule has 0 saturated heterocycles. The fourth-order valence-electron chi connectivity index (χ4n) is 1.49. The van der Waals surface area contributed by atoms with Crippen molar-refractivity contribution in [3.05, 3.63) is 30.3 Å². The summed E-state index contributed by atoms with van der Waals surface area (Å²) in [5, 5.41) is 1.72. The van der Waals surface area contributed by atoms with Crippen LogP contribution in [0.15, 0.2) is 30.3 Å². The van der Waals surface area contributed by atoms with E-state index in [1.54, 1.807) is 5.19 Å². The minimum Gasteiger partial charge on any atom is -0.0679 e. The average Bonchev–Trinajstić information content (AvgIpc) is 2.09. The van der Waals surface area contributed by atoms with Crippen molar-refractivity contribution in [1.29, 1.82) is 0 Å². The highest BCUT2D eigenvalue weighted by molar-refractivity contribution is 7.35. The molecule has 0 bridgehead atoms. The molecule has 0 aliphatic carbocycles. The summed E-state index contributed by atoms with van der Waals surface area (Å²) >= 11 is 0. The predicted octanol–water partition coefficient (Wildman–Crippen LogP) is -0.914. The van der Waals surface area contributed by atoms with Crippen molar-refractivity contribution in [2.45, 2.75) is 13.0 Å². The van der Waals surface area contributed by atoms with Crippen molar-refractivity contribution in [3.8, 4) is 0 Å². The van der Waals surface area contributed by atoms with Crippen molar-refractivity contribution >= 4 is 31.8 Å². The Morgan fingerprint density at radius 2 is 2.00 bits per heavy atom. The average molecular weight is 196 g/mol. The summed E-state index contributed by atoms with van der Waals surface area (Å²) in [5.74, 6) is 0. The summed E-state index contributed by atoms with van der Waals surface area (Å²) in [6, 6.07) is 12.7. The number of benzene rings is 1. The minimum absolute atomic E-state index is 0.350. The van der Waals surface area contributed by atoms with Crippen molar-refractivity contribution in [2.75, 3.05) is 0 Å². The molecule has 0 heterocycles. The van der Waals surface area contributed by atoms with E-state index in [1.807, 2.05) is 0 Å². The van der Waals surface area contributed by atoms with E-state index in [9.17, 15) is 0 Å². The summed E-state index contributed by atoms with van der Waals surface area (Å²) in [7, 11) is 1.57. The van der Waals surface area contributed by atoms with Gasteiger partial charge in [0.15, 0.2) is 0 Å². The molecule has 1 aromatic carbocycles. The Morgan fingerprint density at radius 1 is 1.36 bits per heavy atom. The summed E-state index contributed by atoms with van der Waals surface area (Å²) in [6.07, 6.45) is 0. The van der Waals surface area contributed by atoms with E-state index in [4.69, 9.17) is 0 Å². The van der Waals surface area contributed by atoms with E-state index in [0.717, 1.165) is 0 Å². The largest absolute Gasteiger partial charge is 0.0679 e. The maximum atomic E-state index is 2.37. The van der Waals surface area contributed by atoms with Crippen LogP contribution in [0.4, 0.5) is 0 Å². The van der Waals surface area contributed by atoms with Crippen LogP contribution in [0.2, 0.25) is 6.04 Å². The summed E-state index contributed by atoms with van der Waals surface area (Å²) in [6.45, 7) is 2.37. The smallest absolute Gasteiger partial charge is 0.0540 e. The standard InChI is InChI=1S/C8H16Si3/c1-2-11(10-9)8-6-4-3-5-7-8/h3-7,11H,2,10H2,1,9H3. The van der Waals surface area contributed by atoms with E-state index in [2.05, 4.69) is 37.3 Å². The Hall–Kier alpha value is -0.129. The van der Waals surface area contributed by atoms with Crippen LogP contribution in [0, 0.1) is 0 Å². The van der Waals surface area contributed by atoms with Crippen LogP contribution in [0.3, 0.4) is 0 Å². The van der Waals surface area contributed by atoms with E-state index >= 15 is 0 Å². The van der Waals surface area contributed by atoms with Gasteiger partial charge in [0.05, 0.1) is 8.31 Å². The molecule has 1 unspecified atom stereocenters. The molecule has 0 spiro atoms. The molecule has 0 aromatic heterocycles. The maximum absolute atomic E-state index is 2.37. The van der Waals surface area contributed by atoms with Gasteiger partial charge in [0, 0.05) is 8.55 Å². The molecule has 1 atom stereocenters. The van der Waals surface area contributed by atoms with Gasteiger partial charge < -0.3 is 0 Å². The summed E-state index contributed by atoms with van der Waals surface area (Å²) < 4.78 is 0.